The minimum atomic E-state index is -3.86. The Morgan fingerprint density at radius 2 is 1.43 bits per heavy atom. The Bertz CT molecular complexity index is 1300. The highest BCUT2D eigenvalue weighted by atomic mass is 32.2. The quantitative estimate of drug-likeness (QED) is 0.419. The molecular weight excluding hydrogens is 494 g/mol. The molecule has 0 spiro atoms. The number of anilines is 1. The zero-order valence-electron chi connectivity index (χ0n) is 20.9. The van der Waals surface area contributed by atoms with Gasteiger partial charge < -0.3 is 24.8 Å². The van der Waals surface area contributed by atoms with Crippen molar-refractivity contribution in [2.24, 2.45) is 0 Å². The summed E-state index contributed by atoms with van der Waals surface area (Å²) in [5.41, 5.74) is 2.54. The van der Waals surface area contributed by atoms with Gasteiger partial charge in [0.1, 0.15) is 16.4 Å². The van der Waals surface area contributed by atoms with Crippen LogP contribution in [0, 0.1) is 0 Å². The fraction of sp³-hybridized carbons (Fsp3) is 0.296. The second kappa shape index (κ2) is 12.1. The van der Waals surface area contributed by atoms with Gasteiger partial charge in [-0.05, 0) is 53.6 Å². The van der Waals surface area contributed by atoms with Crippen LogP contribution >= 0.6 is 0 Å². The number of methoxy groups -OCH3 is 2. The Morgan fingerprint density at radius 3 is 2.00 bits per heavy atom. The van der Waals surface area contributed by atoms with Crippen molar-refractivity contribution in [2.45, 2.75) is 18.0 Å². The van der Waals surface area contributed by atoms with Gasteiger partial charge in [0, 0.05) is 31.7 Å². The third kappa shape index (κ3) is 6.59. The van der Waals surface area contributed by atoms with Gasteiger partial charge in [-0.25, -0.2) is 8.42 Å². The molecule has 0 radical (unpaired) electrons. The first-order valence-corrected chi connectivity index (χ1v) is 13.3. The van der Waals surface area contributed by atoms with Gasteiger partial charge in [0.2, 0.25) is 10.0 Å². The van der Waals surface area contributed by atoms with Crippen LogP contribution in [0.3, 0.4) is 0 Å². The zero-order chi connectivity index (χ0) is 26.3. The molecule has 0 bridgehead atoms. The van der Waals surface area contributed by atoms with Crippen LogP contribution in [0.5, 0.6) is 11.5 Å². The zero-order valence-corrected chi connectivity index (χ0v) is 21.7. The Kier molecular flexibility index (Phi) is 8.65. The number of benzene rings is 3. The number of carbonyl (C=O) groups is 1. The van der Waals surface area contributed by atoms with Crippen LogP contribution in [-0.4, -0.2) is 59.2 Å². The monoisotopic (exact) mass is 525 g/mol. The molecule has 196 valence electrons. The van der Waals surface area contributed by atoms with Crippen molar-refractivity contribution in [2.75, 3.05) is 45.8 Å². The molecule has 1 fully saturated rings. The molecule has 0 aliphatic carbocycles. The van der Waals surface area contributed by atoms with Gasteiger partial charge >= 0.3 is 0 Å². The molecule has 1 heterocycles. The summed E-state index contributed by atoms with van der Waals surface area (Å²) in [5.74, 6) is 1.10. The highest BCUT2D eigenvalue weighted by Gasteiger charge is 2.29. The predicted octanol–water partition coefficient (Wildman–Crippen LogP) is 3.27. The summed E-state index contributed by atoms with van der Waals surface area (Å²) in [4.78, 5) is 13.0. The number of rotatable bonds is 10. The lowest BCUT2D eigenvalue weighted by Gasteiger charge is -2.27. The van der Waals surface area contributed by atoms with Crippen LogP contribution in [0.4, 0.5) is 5.69 Å². The normalized spacial score (nSPS) is 14.1. The van der Waals surface area contributed by atoms with Crippen LogP contribution in [0.1, 0.15) is 21.5 Å². The summed E-state index contributed by atoms with van der Waals surface area (Å²) >= 11 is 0. The van der Waals surface area contributed by atoms with Gasteiger partial charge in [0.15, 0.2) is 0 Å². The molecule has 2 N–H and O–H groups in total. The molecule has 0 saturated carbocycles. The van der Waals surface area contributed by atoms with Crippen molar-refractivity contribution >= 4 is 21.6 Å². The summed E-state index contributed by atoms with van der Waals surface area (Å²) in [7, 11) is -0.668. The van der Waals surface area contributed by atoms with E-state index in [9.17, 15) is 13.2 Å². The minimum Gasteiger partial charge on any atom is -0.497 e. The average Bonchev–Trinajstić information content (AvgIpc) is 2.95. The largest absolute Gasteiger partial charge is 0.497 e. The molecule has 1 aliphatic heterocycles. The van der Waals surface area contributed by atoms with Crippen LogP contribution < -0.4 is 20.1 Å². The molecule has 0 unspecified atom stereocenters. The van der Waals surface area contributed by atoms with E-state index in [1.807, 2.05) is 48.5 Å². The minimum absolute atomic E-state index is 0.0556. The van der Waals surface area contributed by atoms with E-state index >= 15 is 0 Å². The SMILES string of the molecule is COc1ccc(CNC(=O)c2ccc(NCc3ccc(OC)cc3)c(S(=O)(=O)N3CCOCC3)c2)cc1. The maximum atomic E-state index is 13.6. The molecule has 4 rings (SSSR count). The molecule has 1 saturated heterocycles. The number of nitrogens with zero attached hydrogens (tertiary/aromatic N) is 1. The number of hydrogen-bond acceptors (Lipinski definition) is 7. The van der Waals surface area contributed by atoms with E-state index in [0.717, 1.165) is 22.6 Å². The number of carbonyl (C=O) groups excluding carboxylic acids is 1. The fourth-order valence-electron chi connectivity index (χ4n) is 3.92. The molecule has 9 nitrogen and oxygen atoms in total. The summed E-state index contributed by atoms with van der Waals surface area (Å²) in [5, 5.41) is 6.08. The van der Waals surface area contributed by atoms with Crippen molar-refractivity contribution in [3.8, 4) is 11.5 Å². The van der Waals surface area contributed by atoms with Crippen LogP contribution in [0.25, 0.3) is 0 Å². The van der Waals surface area contributed by atoms with Crippen molar-refractivity contribution in [3.05, 3.63) is 83.4 Å². The number of morpholine rings is 1. The first kappa shape index (κ1) is 26.5. The van der Waals surface area contributed by atoms with E-state index in [1.54, 1.807) is 26.4 Å². The standard InChI is InChI=1S/C27H31N3O6S/c1-34-23-8-3-20(4-9-23)18-28-25-12-7-22(17-26(25)37(32,33)30-13-15-36-16-14-30)27(31)29-19-21-5-10-24(35-2)11-6-21/h3-12,17,28H,13-16,18-19H2,1-2H3,(H,29,31). The summed E-state index contributed by atoms with van der Waals surface area (Å²) < 4.78 is 44.3. The van der Waals surface area contributed by atoms with E-state index in [1.165, 1.54) is 10.4 Å². The van der Waals surface area contributed by atoms with Gasteiger partial charge in [-0.2, -0.15) is 4.31 Å². The molecule has 3 aromatic rings. The first-order valence-electron chi connectivity index (χ1n) is 11.9. The highest BCUT2D eigenvalue weighted by molar-refractivity contribution is 7.89. The molecular formula is C27H31N3O6S. The Hall–Kier alpha value is -3.60. The van der Waals surface area contributed by atoms with Gasteiger partial charge in [-0.1, -0.05) is 24.3 Å². The molecule has 0 atom stereocenters. The number of sulfonamides is 1. The first-order chi connectivity index (χ1) is 17.9. The van der Waals surface area contributed by atoms with Crippen LogP contribution in [0.2, 0.25) is 0 Å². The second-order valence-electron chi connectivity index (χ2n) is 8.46. The van der Waals surface area contributed by atoms with Crippen LogP contribution in [-0.2, 0) is 27.8 Å². The van der Waals surface area contributed by atoms with E-state index in [4.69, 9.17) is 14.2 Å². The molecule has 1 aliphatic rings. The highest BCUT2D eigenvalue weighted by Crippen LogP contribution is 2.28. The Morgan fingerprint density at radius 1 is 0.865 bits per heavy atom. The summed E-state index contributed by atoms with van der Waals surface area (Å²) in [6.07, 6.45) is 0. The lowest BCUT2D eigenvalue weighted by molar-refractivity contribution is 0.0730. The predicted molar refractivity (Wildman–Crippen MR) is 141 cm³/mol. The van der Waals surface area contributed by atoms with E-state index in [-0.39, 0.29) is 29.5 Å². The molecule has 1 amide bonds. The lowest BCUT2D eigenvalue weighted by atomic mass is 10.1. The number of hydrogen-bond donors (Lipinski definition) is 2. The third-order valence-corrected chi connectivity index (χ3v) is 8.02. The topological polar surface area (TPSA) is 106 Å². The van der Waals surface area contributed by atoms with Crippen molar-refractivity contribution in [1.82, 2.24) is 9.62 Å². The Labute approximate surface area is 217 Å². The molecule has 10 heteroatoms. The van der Waals surface area contributed by atoms with Gasteiger partial charge in [-0.3, -0.25) is 4.79 Å². The number of amides is 1. The van der Waals surface area contributed by atoms with E-state index in [0.29, 0.717) is 32.0 Å². The third-order valence-electron chi connectivity index (χ3n) is 6.09. The van der Waals surface area contributed by atoms with Crippen molar-refractivity contribution in [1.29, 1.82) is 0 Å². The molecule has 37 heavy (non-hydrogen) atoms. The maximum absolute atomic E-state index is 13.6. The summed E-state index contributed by atoms with van der Waals surface area (Å²) in [6, 6.07) is 19.6. The van der Waals surface area contributed by atoms with Gasteiger partial charge in [0.25, 0.3) is 5.91 Å². The van der Waals surface area contributed by atoms with Crippen LogP contribution in [0.15, 0.2) is 71.6 Å². The van der Waals surface area contributed by atoms with Gasteiger partial charge in [0.05, 0.1) is 33.1 Å². The van der Waals surface area contributed by atoms with Crippen molar-refractivity contribution < 1.29 is 27.4 Å². The summed E-state index contributed by atoms with van der Waals surface area (Å²) in [6.45, 7) is 1.87. The maximum Gasteiger partial charge on any atom is 0.251 e. The smallest absolute Gasteiger partial charge is 0.251 e. The lowest BCUT2D eigenvalue weighted by Crippen LogP contribution is -2.41. The average molecular weight is 526 g/mol. The van der Waals surface area contributed by atoms with Gasteiger partial charge in [-0.15, -0.1) is 0 Å². The number of ether oxygens (including phenoxy) is 3. The fourth-order valence-corrected chi connectivity index (χ4v) is 5.52. The molecule has 3 aromatic carbocycles. The Balaban J connectivity index is 1.56. The second-order valence-corrected chi connectivity index (χ2v) is 10.4. The van der Waals surface area contributed by atoms with Crippen molar-refractivity contribution in [3.63, 3.8) is 0 Å². The van der Waals surface area contributed by atoms with E-state index < -0.39 is 10.0 Å². The molecule has 0 aromatic heterocycles. The van der Waals surface area contributed by atoms with E-state index in [2.05, 4.69) is 10.6 Å². The number of nitrogens with one attached hydrogen (secondary N) is 2.